The molecular formula is C17H18Si. The van der Waals surface area contributed by atoms with E-state index in [9.17, 15) is 0 Å². The van der Waals surface area contributed by atoms with E-state index in [1.807, 2.05) is 6.07 Å². The zero-order valence-corrected chi connectivity index (χ0v) is 12.2. The highest BCUT2D eigenvalue weighted by atomic mass is 28.3. The molecule has 0 nitrogen and oxygen atoms in total. The molecule has 90 valence electrons. The fourth-order valence-corrected chi connectivity index (χ4v) is 2.16. The highest BCUT2D eigenvalue weighted by molar-refractivity contribution is 6.83. The zero-order valence-electron chi connectivity index (χ0n) is 11.2. The first-order chi connectivity index (χ1) is 8.54. The SMILES string of the molecule is C[Si](C)(C)C#Cc1ccc(-c2ccccc2)cc1. The van der Waals surface area contributed by atoms with Gasteiger partial charge in [0, 0.05) is 5.56 Å². The van der Waals surface area contributed by atoms with Crippen molar-refractivity contribution in [2.24, 2.45) is 0 Å². The molecular weight excluding hydrogens is 232 g/mol. The predicted molar refractivity (Wildman–Crippen MR) is 82.1 cm³/mol. The molecule has 0 radical (unpaired) electrons. The Bertz CT molecular complexity index is 563. The average molecular weight is 250 g/mol. The number of rotatable bonds is 1. The van der Waals surface area contributed by atoms with Crippen molar-refractivity contribution in [1.82, 2.24) is 0 Å². The fraction of sp³-hybridized carbons (Fsp3) is 0.176. The Labute approximate surface area is 111 Å². The third-order valence-corrected chi connectivity index (χ3v) is 3.45. The summed E-state index contributed by atoms with van der Waals surface area (Å²) in [5, 5.41) is 0. The summed E-state index contributed by atoms with van der Waals surface area (Å²) in [5.41, 5.74) is 6.99. The molecule has 0 heterocycles. The van der Waals surface area contributed by atoms with Crippen molar-refractivity contribution in [3.05, 3.63) is 60.2 Å². The molecule has 1 heteroatoms. The van der Waals surface area contributed by atoms with Crippen molar-refractivity contribution in [3.63, 3.8) is 0 Å². The lowest BCUT2D eigenvalue weighted by Gasteiger charge is -2.04. The molecule has 0 N–H and O–H groups in total. The van der Waals surface area contributed by atoms with E-state index < -0.39 is 8.07 Å². The van der Waals surface area contributed by atoms with Crippen LogP contribution in [0.1, 0.15) is 5.56 Å². The van der Waals surface area contributed by atoms with E-state index in [2.05, 4.69) is 79.6 Å². The van der Waals surface area contributed by atoms with Crippen LogP contribution in [0.25, 0.3) is 11.1 Å². The molecule has 0 saturated carbocycles. The Hall–Kier alpha value is -1.78. The van der Waals surface area contributed by atoms with Crippen LogP contribution in [0.5, 0.6) is 0 Å². The lowest BCUT2D eigenvalue weighted by atomic mass is 10.0. The molecule has 0 amide bonds. The van der Waals surface area contributed by atoms with Crippen molar-refractivity contribution >= 4 is 8.07 Å². The minimum Gasteiger partial charge on any atom is -0.127 e. The fourth-order valence-electron chi connectivity index (χ4n) is 1.64. The highest BCUT2D eigenvalue weighted by Crippen LogP contribution is 2.18. The van der Waals surface area contributed by atoms with Gasteiger partial charge >= 0.3 is 0 Å². The molecule has 2 aromatic carbocycles. The van der Waals surface area contributed by atoms with Crippen LogP contribution in [0, 0.1) is 11.5 Å². The second-order valence-corrected chi connectivity index (χ2v) is 10.2. The zero-order chi connectivity index (χ0) is 13.0. The van der Waals surface area contributed by atoms with Gasteiger partial charge in [0.05, 0.1) is 0 Å². The summed E-state index contributed by atoms with van der Waals surface area (Å²) in [6, 6.07) is 18.9. The minimum atomic E-state index is -1.28. The summed E-state index contributed by atoms with van der Waals surface area (Å²) >= 11 is 0. The van der Waals surface area contributed by atoms with Gasteiger partial charge in [0.25, 0.3) is 0 Å². The summed E-state index contributed by atoms with van der Waals surface area (Å²) in [6.07, 6.45) is 0. The standard InChI is InChI=1S/C17H18Si/c1-18(2,3)14-13-15-9-11-17(12-10-15)16-7-5-4-6-8-16/h4-12H,1-3H3. The van der Waals surface area contributed by atoms with Gasteiger partial charge in [0.1, 0.15) is 8.07 Å². The monoisotopic (exact) mass is 250 g/mol. The number of hydrogen-bond acceptors (Lipinski definition) is 0. The molecule has 0 aromatic heterocycles. The van der Waals surface area contributed by atoms with Crippen LogP contribution in [-0.2, 0) is 0 Å². The molecule has 0 atom stereocenters. The first-order valence-electron chi connectivity index (χ1n) is 6.23. The number of benzene rings is 2. The van der Waals surface area contributed by atoms with Gasteiger partial charge in [-0.05, 0) is 23.3 Å². The maximum Gasteiger partial charge on any atom is 0.129 e. The van der Waals surface area contributed by atoms with Crippen LogP contribution < -0.4 is 0 Å². The first-order valence-corrected chi connectivity index (χ1v) is 9.73. The van der Waals surface area contributed by atoms with Crippen LogP contribution in [-0.4, -0.2) is 8.07 Å². The molecule has 0 saturated heterocycles. The Morgan fingerprint density at radius 2 is 1.28 bits per heavy atom. The second kappa shape index (κ2) is 5.24. The van der Waals surface area contributed by atoms with E-state index in [0.29, 0.717) is 0 Å². The van der Waals surface area contributed by atoms with Crippen molar-refractivity contribution in [2.75, 3.05) is 0 Å². The molecule has 0 aliphatic heterocycles. The predicted octanol–water partition coefficient (Wildman–Crippen LogP) is 4.58. The van der Waals surface area contributed by atoms with Gasteiger partial charge in [0.2, 0.25) is 0 Å². The molecule has 0 fully saturated rings. The minimum absolute atomic E-state index is 1.11. The van der Waals surface area contributed by atoms with Gasteiger partial charge in [-0.25, -0.2) is 0 Å². The van der Waals surface area contributed by atoms with Crippen molar-refractivity contribution < 1.29 is 0 Å². The number of hydrogen-bond donors (Lipinski definition) is 0. The van der Waals surface area contributed by atoms with Gasteiger partial charge in [0.15, 0.2) is 0 Å². The lowest BCUT2D eigenvalue weighted by Crippen LogP contribution is -2.16. The third-order valence-electron chi connectivity index (χ3n) is 2.57. The Morgan fingerprint density at radius 3 is 1.83 bits per heavy atom. The molecule has 0 aliphatic rings. The lowest BCUT2D eigenvalue weighted by molar-refractivity contribution is 1.59. The van der Waals surface area contributed by atoms with Crippen molar-refractivity contribution in [3.8, 4) is 22.6 Å². The quantitative estimate of drug-likeness (QED) is 0.513. The van der Waals surface area contributed by atoms with E-state index in [1.165, 1.54) is 11.1 Å². The maximum absolute atomic E-state index is 3.39. The summed E-state index contributed by atoms with van der Waals surface area (Å²) in [6.45, 7) is 6.79. The first kappa shape index (κ1) is 12.7. The maximum atomic E-state index is 3.39. The van der Waals surface area contributed by atoms with Crippen molar-refractivity contribution in [1.29, 1.82) is 0 Å². The highest BCUT2D eigenvalue weighted by Gasteiger charge is 2.07. The summed E-state index contributed by atoms with van der Waals surface area (Å²) < 4.78 is 0. The average Bonchev–Trinajstić information content (AvgIpc) is 2.37. The van der Waals surface area contributed by atoms with E-state index in [4.69, 9.17) is 0 Å². The Kier molecular flexibility index (Phi) is 3.69. The van der Waals surface area contributed by atoms with Crippen LogP contribution >= 0.6 is 0 Å². The van der Waals surface area contributed by atoms with E-state index in [-0.39, 0.29) is 0 Å². The van der Waals surface area contributed by atoms with Crippen LogP contribution in [0.15, 0.2) is 54.6 Å². The summed E-state index contributed by atoms with van der Waals surface area (Å²) in [4.78, 5) is 0. The van der Waals surface area contributed by atoms with E-state index >= 15 is 0 Å². The van der Waals surface area contributed by atoms with Crippen molar-refractivity contribution in [2.45, 2.75) is 19.6 Å². The topological polar surface area (TPSA) is 0 Å². The second-order valence-electron chi connectivity index (χ2n) is 5.44. The van der Waals surface area contributed by atoms with Gasteiger partial charge in [-0.1, -0.05) is 68.0 Å². The Morgan fingerprint density at radius 1 is 0.722 bits per heavy atom. The van der Waals surface area contributed by atoms with Gasteiger partial charge in [-0.2, -0.15) is 0 Å². The van der Waals surface area contributed by atoms with Gasteiger partial charge in [-0.3, -0.25) is 0 Å². The molecule has 2 aromatic rings. The largest absolute Gasteiger partial charge is 0.129 e. The summed E-state index contributed by atoms with van der Waals surface area (Å²) in [5.74, 6) is 3.27. The molecule has 0 spiro atoms. The van der Waals surface area contributed by atoms with E-state index in [1.54, 1.807) is 0 Å². The van der Waals surface area contributed by atoms with Gasteiger partial charge in [-0.15, -0.1) is 5.54 Å². The molecule has 0 unspecified atom stereocenters. The normalized spacial score (nSPS) is 10.6. The molecule has 0 aliphatic carbocycles. The molecule has 18 heavy (non-hydrogen) atoms. The Balaban J connectivity index is 2.23. The van der Waals surface area contributed by atoms with Crippen LogP contribution in [0.3, 0.4) is 0 Å². The smallest absolute Gasteiger partial charge is 0.127 e. The van der Waals surface area contributed by atoms with E-state index in [0.717, 1.165) is 5.56 Å². The van der Waals surface area contributed by atoms with Gasteiger partial charge < -0.3 is 0 Å². The molecule has 2 rings (SSSR count). The summed E-state index contributed by atoms with van der Waals surface area (Å²) in [7, 11) is -1.28. The molecule has 0 bridgehead atoms. The van der Waals surface area contributed by atoms with Crippen LogP contribution in [0.2, 0.25) is 19.6 Å². The van der Waals surface area contributed by atoms with Crippen LogP contribution in [0.4, 0.5) is 0 Å². The third kappa shape index (κ3) is 3.61.